The third-order valence-electron chi connectivity index (χ3n) is 4.34. The lowest BCUT2D eigenvalue weighted by Gasteiger charge is -2.08. The van der Waals surface area contributed by atoms with Gasteiger partial charge in [-0.25, -0.2) is 10.1 Å². The van der Waals surface area contributed by atoms with Crippen LogP contribution in [0.5, 0.6) is 0 Å². The minimum Gasteiger partial charge on any atom is -0.399 e. The Balaban J connectivity index is 1.91. The SMILES string of the molecule is C/C(=N\NC(=O)c1cccc(N)c1)c1c(C)[nH]n(-c2cccc(C(F)(F)F)c2)c1=O. The summed E-state index contributed by atoms with van der Waals surface area (Å²) in [4.78, 5) is 25.0. The molecular formula is C20H18F3N5O2. The van der Waals surface area contributed by atoms with Crippen LogP contribution in [-0.4, -0.2) is 21.4 Å². The lowest BCUT2D eigenvalue weighted by molar-refractivity contribution is -0.137. The van der Waals surface area contributed by atoms with Crippen LogP contribution in [0.4, 0.5) is 18.9 Å². The van der Waals surface area contributed by atoms with E-state index in [-0.39, 0.29) is 17.0 Å². The predicted molar refractivity (Wildman–Crippen MR) is 107 cm³/mol. The fraction of sp³-hybridized carbons (Fsp3) is 0.150. The van der Waals surface area contributed by atoms with Crippen LogP contribution in [0, 0.1) is 6.92 Å². The number of carbonyl (C=O) groups excluding carboxylic acids is 1. The van der Waals surface area contributed by atoms with Crippen LogP contribution in [-0.2, 0) is 6.18 Å². The number of nitrogens with two attached hydrogens (primary N) is 1. The number of aromatic amines is 1. The monoisotopic (exact) mass is 417 g/mol. The van der Waals surface area contributed by atoms with E-state index in [1.165, 1.54) is 25.1 Å². The number of aromatic nitrogens is 2. The van der Waals surface area contributed by atoms with Gasteiger partial charge < -0.3 is 5.73 Å². The van der Waals surface area contributed by atoms with Crippen molar-refractivity contribution < 1.29 is 18.0 Å². The number of hydrazone groups is 1. The van der Waals surface area contributed by atoms with Crippen LogP contribution in [0.2, 0.25) is 0 Å². The first-order valence-corrected chi connectivity index (χ1v) is 8.77. The van der Waals surface area contributed by atoms with Crippen molar-refractivity contribution in [1.29, 1.82) is 0 Å². The average molecular weight is 417 g/mol. The molecule has 0 saturated carbocycles. The van der Waals surface area contributed by atoms with E-state index in [2.05, 4.69) is 15.6 Å². The van der Waals surface area contributed by atoms with Crippen molar-refractivity contribution in [3.63, 3.8) is 0 Å². The Bertz CT molecular complexity index is 1190. The summed E-state index contributed by atoms with van der Waals surface area (Å²) in [5.41, 5.74) is 7.96. The van der Waals surface area contributed by atoms with Crippen LogP contribution in [0.25, 0.3) is 5.69 Å². The highest BCUT2D eigenvalue weighted by Gasteiger charge is 2.30. The van der Waals surface area contributed by atoms with E-state index in [9.17, 15) is 22.8 Å². The van der Waals surface area contributed by atoms with Crippen molar-refractivity contribution in [3.05, 3.63) is 81.3 Å². The largest absolute Gasteiger partial charge is 0.416 e. The van der Waals surface area contributed by atoms with E-state index >= 15 is 0 Å². The zero-order valence-electron chi connectivity index (χ0n) is 16.0. The van der Waals surface area contributed by atoms with Gasteiger partial charge in [-0.2, -0.15) is 18.3 Å². The number of alkyl halides is 3. The second kappa shape index (κ2) is 7.90. The maximum atomic E-state index is 13.0. The molecule has 0 saturated heterocycles. The molecule has 3 rings (SSSR count). The van der Waals surface area contributed by atoms with Crippen LogP contribution in [0.15, 0.2) is 58.4 Å². The molecule has 0 aliphatic rings. The molecule has 0 bridgehead atoms. The topological polar surface area (TPSA) is 105 Å². The number of nitrogens with one attached hydrogen (secondary N) is 2. The summed E-state index contributed by atoms with van der Waals surface area (Å²) < 4.78 is 39.9. The molecule has 1 heterocycles. The van der Waals surface area contributed by atoms with E-state index in [1.54, 1.807) is 25.1 Å². The Morgan fingerprint density at radius 2 is 1.87 bits per heavy atom. The summed E-state index contributed by atoms with van der Waals surface area (Å²) in [5, 5.41) is 6.69. The Morgan fingerprint density at radius 1 is 1.17 bits per heavy atom. The Labute approximate surface area is 169 Å². The Kier molecular flexibility index (Phi) is 5.50. The third kappa shape index (κ3) is 4.27. The summed E-state index contributed by atoms with van der Waals surface area (Å²) in [7, 11) is 0. The molecule has 0 spiro atoms. The lowest BCUT2D eigenvalue weighted by atomic mass is 10.1. The van der Waals surface area contributed by atoms with Gasteiger partial charge in [-0.3, -0.25) is 14.7 Å². The normalized spacial score (nSPS) is 12.1. The van der Waals surface area contributed by atoms with Crippen LogP contribution < -0.4 is 16.7 Å². The molecule has 2 aromatic carbocycles. The second-order valence-corrected chi connectivity index (χ2v) is 6.56. The summed E-state index contributed by atoms with van der Waals surface area (Å²) in [6.45, 7) is 3.09. The van der Waals surface area contributed by atoms with Crippen molar-refractivity contribution in [2.75, 3.05) is 5.73 Å². The summed E-state index contributed by atoms with van der Waals surface area (Å²) in [6.07, 6.45) is -4.54. The predicted octanol–water partition coefficient (Wildman–Crippen LogP) is 3.23. The number of aryl methyl sites for hydroxylation is 1. The second-order valence-electron chi connectivity index (χ2n) is 6.56. The number of halogens is 3. The van der Waals surface area contributed by atoms with E-state index < -0.39 is 23.2 Å². The first-order chi connectivity index (χ1) is 14.1. The Morgan fingerprint density at radius 3 is 2.53 bits per heavy atom. The third-order valence-corrected chi connectivity index (χ3v) is 4.34. The average Bonchev–Trinajstić information content (AvgIpc) is 2.99. The molecule has 1 amide bonds. The van der Waals surface area contributed by atoms with Crippen LogP contribution in [0.3, 0.4) is 0 Å². The number of nitrogen functional groups attached to an aromatic ring is 1. The van der Waals surface area contributed by atoms with Gasteiger partial charge >= 0.3 is 6.18 Å². The van der Waals surface area contributed by atoms with Gasteiger partial charge in [-0.1, -0.05) is 12.1 Å². The molecule has 10 heteroatoms. The number of rotatable bonds is 4. The molecule has 7 nitrogen and oxygen atoms in total. The summed E-state index contributed by atoms with van der Waals surface area (Å²) >= 11 is 0. The number of hydrogen-bond donors (Lipinski definition) is 3. The van der Waals surface area contributed by atoms with Gasteiger partial charge in [0.15, 0.2) is 0 Å². The molecule has 0 unspecified atom stereocenters. The number of H-pyrrole nitrogens is 1. The molecule has 1 aromatic heterocycles. The standard InChI is InChI=1S/C20H18F3N5O2/c1-11(25-26-18(29)13-5-3-7-15(24)9-13)17-12(2)27-28(19(17)30)16-8-4-6-14(10-16)20(21,22)23/h3-10,27H,24H2,1-2H3,(H,26,29)/b25-11+. The highest BCUT2D eigenvalue weighted by Crippen LogP contribution is 2.30. The smallest absolute Gasteiger partial charge is 0.399 e. The zero-order chi connectivity index (χ0) is 22.1. The van der Waals surface area contributed by atoms with E-state index in [4.69, 9.17) is 5.73 Å². The molecule has 0 radical (unpaired) electrons. The maximum absolute atomic E-state index is 13.0. The van der Waals surface area contributed by atoms with Crippen LogP contribution >= 0.6 is 0 Å². The van der Waals surface area contributed by atoms with E-state index in [0.29, 0.717) is 16.9 Å². The molecule has 0 fully saturated rings. The fourth-order valence-corrected chi connectivity index (χ4v) is 2.91. The highest BCUT2D eigenvalue weighted by atomic mass is 19.4. The number of amides is 1. The van der Waals surface area contributed by atoms with Gasteiger partial charge in [0.1, 0.15) is 0 Å². The van der Waals surface area contributed by atoms with Crippen molar-refractivity contribution in [1.82, 2.24) is 15.2 Å². The first kappa shape index (κ1) is 20.9. The minimum atomic E-state index is -4.54. The van der Waals surface area contributed by atoms with E-state index in [1.807, 2.05) is 0 Å². The summed E-state index contributed by atoms with van der Waals surface area (Å²) in [6, 6.07) is 10.7. The maximum Gasteiger partial charge on any atom is 0.416 e. The Hall–Kier alpha value is -3.82. The molecule has 0 aliphatic carbocycles. The highest BCUT2D eigenvalue weighted by molar-refractivity contribution is 6.01. The number of anilines is 1. The van der Waals surface area contributed by atoms with Gasteiger partial charge in [-0.15, -0.1) is 0 Å². The van der Waals surface area contributed by atoms with Gasteiger partial charge in [0.05, 0.1) is 22.5 Å². The molecule has 0 aliphatic heterocycles. The van der Waals surface area contributed by atoms with Gasteiger partial charge in [0.25, 0.3) is 11.5 Å². The van der Waals surface area contributed by atoms with Crippen molar-refractivity contribution in [2.45, 2.75) is 20.0 Å². The van der Waals surface area contributed by atoms with Gasteiger partial charge in [-0.05, 0) is 50.2 Å². The molecular weight excluding hydrogens is 399 g/mol. The summed E-state index contributed by atoms with van der Waals surface area (Å²) in [5.74, 6) is -0.520. The quantitative estimate of drug-likeness (QED) is 0.345. The molecule has 0 atom stereocenters. The minimum absolute atomic E-state index is 0.0285. The molecule has 156 valence electrons. The van der Waals surface area contributed by atoms with Crippen molar-refractivity contribution >= 4 is 17.3 Å². The zero-order valence-corrected chi connectivity index (χ0v) is 16.0. The number of hydrogen-bond acceptors (Lipinski definition) is 4. The number of nitrogens with zero attached hydrogens (tertiary/aromatic N) is 2. The van der Waals surface area contributed by atoms with Gasteiger partial charge in [0, 0.05) is 16.9 Å². The van der Waals surface area contributed by atoms with Gasteiger partial charge in [0.2, 0.25) is 0 Å². The fourth-order valence-electron chi connectivity index (χ4n) is 2.91. The van der Waals surface area contributed by atoms with Crippen molar-refractivity contribution in [2.24, 2.45) is 5.10 Å². The molecule has 30 heavy (non-hydrogen) atoms. The molecule has 4 N–H and O–H groups in total. The number of carbonyl (C=O) groups is 1. The first-order valence-electron chi connectivity index (χ1n) is 8.77. The van der Waals surface area contributed by atoms with Crippen LogP contribution in [0.1, 0.15) is 34.1 Å². The lowest BCUT2D eigenvalue weighted by Crippen LogP contribution is -2.23. The number of benzene rings is 2. The van der Waals surface area contributed by atoms with E-state index in [0.717, 1.165) is 16.8 Å². The molecule has 3 aromatic rings. The van der Waals surface area contributed by atoms with Crippen molar-refractivity contribution in [3.8, 4) is 5.69 Å².